The van der Waals surface area contributed by atoms with Crippen LogP contribution in [-0.4, -0.2) is 63.0 Å². The van der Waals surface area contributed by atoms with Crippen LogP contribution in [0.2, 0.25) is 0 Å². The summed E-state index contributed by atoms with van der Waals surface area (Å²) in [7, 11) is -2.86. The van der Waals surface area contributed by atoms with Gasteiger partial charge in [0.2, 0.25) is 5.91 Å². The highest BCUT2D eigenvalue weighted by molar-refractivity contribution is 7.91. The number of fused-ring (bicyclic) bond motifs is 3. The van der Waals surface area contributed by atoms with E-state index in [1.807, 2.05) is 29.2 Å². The van der Waals surface area contributed by atoms with Crippen molar-refractivity contribution >= 4 is 37.5 Å². The Kier molecular flexibility index (Phi) is 4.59. The van der Waals surface area contributed by atoms with E-state index in [9.17, 15) is 13.2 Å². The smallest absolute Gasteiger partial charge is 0.227 e. The molecule has 2 aromatic carbocycles. The van der Waals surface area contributed by atoms with Gasteiger partial charge in [-0.25, -0.2) is 8.42 Å². The van der Waals surface area contributed by atoms with E-state index in [0.717, 1.165) is 46.8 Å². The summed E-state index contributed by atoms with van der Waals surface area (Å²) in [6.07, 6.45) is 2.79. The van der Waals surface area contributed by atoms with Gasteiger partial charge >= 0.3 is 0 Å². The van der Waals surface area contributed by atoms with Crippen molar-refractivity contribution in [2.24, 2.45) is 0 Å². The molecule has 0 saturated carbocycles. The average Bonchev–Trinajstić information content (AvgIpc) is 3.31. The molecule has 6 nitrogen and oxygen atoms in total. The van der Waals surface area contributed by atoms with E-state index < -0.39 is 9.84 Å². The lowest BCUT2D eigenvalue weighted by Gasteiger charge is -2.35. The predicted octanol–water partition coefficient (Wildman–Crippen LogP) is 1.04. The molecule has 1 N–H and O–H groups in total. The van der Waals surface area contributed by atoms with Gasteiger partial charge in [0.25, 0.3) is 0 Å². The van der Waals surface area contributed by atoms with Crippen LogP contribution in [0.3, 0.4) is 0 Å². The number of rotatable bonds is 3. The first-order valence-corrected chi connectivity index (χ1v) is 12.0. The van der Waals surface area contributed by atoms with Crippen LogP contribution in [-0.2, 0) is 21.1 Å². The molecule has 2 aliphatic rings. The molecule has 0 aliphatic carbocycles. The van der Waals surface area contributed by atoms with Gasteiger partial charge in [-0.05, 0) is 16.8 Å². The maximum atomic E-state index is 13.0. The second kappa shape index (κ2) is 7.15. The molecule has 0 unspecified atom stereocenters. The SMILES string of the molecule is O=C(Cc1coc2ccc3ccccc3c12)N1CC[NH+]([C@H]2CCS(=O)(=O)C2)CC1. The van der Waals surface area contributed by atoms with Crippen LogP contribution in [0.4, 0.5) is 0 Å². The van der Waals surface area contributed by atoms with Crippen molar-refractivity contribution in [2.45, 2.75) is 18.9 Å². The quantitative estimate of drug-likeness (QED) is 0.697. The topological polar surface area (TPSA) is 72.0 Å². The van der Waals surface area contributed by atoms with Gasteiger partial charge in [-0.15, -0.1) is 0 Å². The van der Waals surface area contributed by atoms with Crippen LogP contribution in [0.1, 0.15) is 12.0 Å². The summed E-state index contributed by atoms with van der Waals surface area (Å²) < 4.78 is 29.2. The molecule has 5 rings (SSSR count). The minimum atomic E-state index is -2.86. The van der Waals surface area contributed by atoms with Crippen molar-refractivity contribution in [1.29, 1.82) is 0 Å². The molecular formula is C22H25N2O4S+. The number of hydrogen-bond donors (Lipinski definition) is 1. The fraction of sp³-hybridized carbons (Fsp3) is 0.409. The fourth-order valence-electron chi connectivity index (χ4n) is 4.85. The van der Waals surface area contributed by atoms with E-state index in [2.05, 4.69) is 12.1 Å². The number of hydrogen-bond acceptors (Lipinski definition) is 4. The number of carbonyl (C=O) groups is 1. The molecule has 0 radical (unpaired) electrons. The first-order valence-electron chi connectivity index (χ1n) is 10.2. The van der Waals surface area contributed by atoms with Crippen molar-refractivity contribution in [3.63, 3.8) is 0 Å². The highest BCUT2D eigenvalue weighted by Crippen LogP contribution is 2.30. The van der Waals surface area contributed by atoms with Crippen molar-refractivity contribution in [2.75, 3.05) is 37.7 Å². The molecule has 3 aromatic rings. The lowest BCUT2D eigenvalue weighted by Crippen LogP contribution is -3.18. The van der Waals surface area contributed by atoms with Crippen molar-refractivity contribution in [3.8, 4) is 0 Å². The van der Waals surface area contributed by atoms with Gasteiger partial charge in [-0.3, -0.25) is 4.79 Å². The first-order chi connectivity index (χ1) is 14.0. The zero-order valence-electron chi connectivity index (χ0n) is 16.3. The number of carbonyl (C=O) groups excluding carboxylic acids is 1. The molecule has 3 heterocycles. The average molecular weight is 414 g/mol. The summed E-state index contributed by atoms with van der Waals surface area (Å²) in [5, 5.41) is 3.27. The molecule has 152 valence electrons. The molecule has 2 saturated heterocycles. The lowest BCUT2D eigenvalue weighted by molar-refractivity contribution is -0.925. The third kappa shape index (κ3) is 3.53. The molecule has 1 atom stereocenters. The number of furan rings is 1. The van der Waals surface area contributed by atoms with E-state index in [0.29, 0.717) is 31.0 Å². The Morgan fingerprint density at radius 2 is 1.93 bits per heavy atom. The Morgan fingerprint density at radius 1 is 1.14 bits per heavy atom. The van der Waals surface area contributed by atoms with Gasteiger partial charge in [-0.2, -0.15) is 0 Å². The van der Waals surface area contributed by atoms with Crippen LogP contribution in [0.5, 0.6) is 0 Å². The standard InChI is InChI=1S/C22H24N2O4S/c25-21(24-10-8-23(9-11-24)18-7-12-29(26,27)15-18)13-17-14-28-20-6-5-16-3-1-2-4-19(16)22(17)20/h1-6,14,18H,7-13,15H2/p+1/t18-/m0/s1. The molecule has 1 aromatic heterocycles. The highest BCUT2D eigenvalue weighted by atomic mass is 32.2. The van der Waals surface area contributed by atoms with Crippen LogP contribution in [0, 0.1) is 0 Å². The molecule has 0 bridgehead atoms. The van der Waals surface area contributed by atoms with Gasteiger partial charge in [-0.1, -0.05) is 30.3 Å². The molecule has 2 aliphatic heterocycles. The lowest BCUT2D eigenvalue weighted by atomic mass is 10.0. The van der Waals surface area contributed by atoms with Crippen LogP contribution < -0.4 is 4.90 Å². The molecule has 1 amide bonds. The van der Waals surface area contributed by atoms with Crippen molar-refractivity contribution < 1.29 is 22.5 Å². The third-order valence-electron chi connectivity index (χ3n) is 6.45. The van der Waals surface area contributed by atoms with Gasteiger partial charge in [0.05, 0.1) is 44.6 Å². The van der Waals surface area contributed by atoms with Gasteiger partial charge in [0.15, 0.2) is 9.84 Å². The van der Waals surface area contributed by atoms with E-state index in [4.69, 9.17) is 4.42 Å². The number of piperazine rings is 1. The fourth-order valence-corrected chi connectivity index (χ4v) is 6.67. The second-order valence-electron chi connectivity index (χ2n) is 8.24. The van der Waals surface area contributed by atoms with Gasteiger partial charge in [0.1, 0.15) is 17.4 Å². The van der Waals surface area contributed by atoms with Gasteiger partial charge in [0, 0.05) is 17.4 Å². The van der Waals surface area contributed by atoms with Gasteiger partial charge < -0.3 is 14.2 Å². The predicted molar refractivity (Wildman–Crippen MR) is 112 cm³/mol. The largest absolute Gasteiger partial charge is 0.464 e. The van der Waals surface area contributed by atoms with Crippen LogP contribution in [0.25, 0.3) is 21.7 Å². The first kappa shape index (κ1) is 18.6. The summed E-state index contributed by atoms with van der Waals surface area (Å²) in [4.78, 5) is 16.2. The second-order valence-corrected chi connectivity index (χ2v) is 10.5. The minimum Gasteiger partial charge on any atom is -0.464 e. The number of nitrogens with zero attached hydrogens (tertiary/aromatic N) is 1. The number of amides is 1. The third-order valence-corrected chi connectivity index (χ3v) is 8.22. The van der Waals surface area contributed by atoms with E-state index >= 15 is 0 Å². The summed E-state index contributed by atoms with van der Waals surface area (Å²) in [5.41, 5.74) is 1.74. The Bertz CT molecular complexity index is 1180. The molecule has 7 heteroatoms. The summed E-state index contributed by atoms with van der Waals surface area (Å²) in [6.45, 7) is 3.00. The zero-order chi connectivity index (χ0) is 20.0. The summed E-state index contributed by atoms with van der Waals surface area (Å²) in [5.74, 6) is 0.717. The zero-order valence-corrected chi connectivity index (χ0v) is 17.1. The molecule has 0 spiro atoms. The Hall–Kier alpha value is -2.38. The van der Waals surface area contributed by atoms with Crippen LogP contribution in [0.15, 0.2) is 47.1 Å². The van der Waals surface area contributed by atoms with E-state index in [1.54, 1.807) is 6.26 Å². The normalized spacial score (nSPS) is 22.5. The molecule has 2 fully saturated rings. The van der Waals surface area contributed by atoms with E-state index in [1.165, 1.54) is 4.90 Å². The monoisotopic (exact) mass is 413 g/mol. The van der Waals surface area contributed by atoms with Crippen molar-refractivity contribution in [1.82, 2.24) is 4.90 Å². The molecular weight excluding hydrogens is 388 g/mol. The summed E-state index contributed by atoms with van der Waals surface area (Å²) in [6, 6.07) is 12.3. The number of nitrogens with one attached hydrogen (secondary N) is 1. The Labute approximate surface area is 170 Å². The maximum Gasteiger partial charge on any atom is 0.227 e. The number of sulfone groups is 1. The minimum absolute atomic E-state index is 0.110. The summed E-state index contributed by atoms with van der Waals surface area (Å²) >= 11 is 0. The Morgan fingerprint density at radius 3 is 2.69 bits per heavy atom. The van der Waals surface area contributed by atoms with Crippen molar-refractivity contribution in [3.05, 3.63) is 48.2 Å². The van der Waals surface area contributed by atoms with E-state index in [-0.39, 0.29) is 11.9 Å². The molecule has 29 heavy (non-hydrogen) atoms. The number of benzene rings is 2. The maximum absolute atomic E-state index is 13.0. The number of quaternary nitrogens is 1. The van der Waals surface area contributed by atoms with Crippen LogP contribution >= 0.6 is 0 Å². The Balaban J connectivity index is 1.29. The highest BCUT2D eigenvalue weighted by Gasteiger charge is 2.37.